The fraction of sp³-hybridized carbons (Fsp3) is 0.438. The van der Waals surface area contributed by atoms with E-state index in [0.29, 0.717) is 17.5 Å². The number of amides is 1. The Kier molecular flexibility index (Phi) is 3.24. The van der Waals surface area contributed by atoms with Crippen molar-refractivity contribution in [1.82, 2.24) is 29.7 Å². The van der Waals surface area contributed by atoms with E-state index in [0.717, 1.165) is 42.7 Å². The van der Waals surface area contributed by atoms with Crippen LogP contribution in [-0.2, 0) is 0 Å². The van der Waals surface area contributed by atoms with Crippen LogP contribution in [0.3, 0.4) is 0 Å². The number of aromatic nitrogens is 5. The second kappa shape index (κ2) is 5.48. The van der Waals surface area contributed by atoms with Gasteiger partial charge in [0.15, 0.2) is 5.65 Å². The summed E-state index contributed by atoms with van der Waals surface area (Å²) in [6.45, 7) is 5.37. The Morgan fingerprint density at radius 1 is 1.20 bits per heavy atom. The van der Waals surface area contributed by atoms with Crippen LogP contribution in [0, 0.1) is 18.8 Å². The van der Waals surface area contributed by atoms with Gasteiger partial charge < -0.3 is 9.80 Å². The molecule has 1 amide bonds. The Bertz CT molecular complexity index is 937. The zero-order valence-electron chi connectivity index (χ0n) is 13.7. The molecule has 3 aromatic heterocycles. The minimum absolute atomic E-state index is 0.0642. The van der Waals surface area contributed by atoms with Gasteiger partial charge in [0.05, 0.1) is 5.01 Å². The molecule has 2 saturated heterocycles. The molecular formula is C16H17N7OS. The van der Waals surface area contributed by atoms with E-state index < -0.39 is 0 Å². The lowest BCUT2D eigenvalue weighted by Gasteiger charge is -2.21. The van der Waals surface area contributed by atoms with Crippen molar-refractivity contribution in [3.63, 3.8) is 0 Å². The van der Waals surface area contributed by atoms with Crippen LogP contribution in [-0.4, -0.2) is 61.8 Å². The highest BCUT2D eigenvalue weighted by atomic mass is 32.1. The molecule has 8 nitrogen and oxygen atoms in total. The summed E-state index contributed by atoms with van der Waals surface area (Å²) in [5.41, 5.74) is 1.33. The Morgan fingerprint density at radius 3 is 2.72 bits per heavy atom. The molecule has 9 heteroatoms. The molecule has 0 aliphatic carbocycles. The first-order valence-corrected chi connectivity index (χ1v) is 9.19. The number of rotatable bonds is 2. The van der Waals surface area contributed by atoms with Crippen LogP contribution >= 0.6 is 11.3 Å². The highest BCUT2D eigenvalue weighted by Crippen LogP contribution is 2.34. The summed E-state index contributed by atoms with van der Waals surface area (Å²) >= 11 is 1.52. The van der Waals surface area contributed by atoms with Crippen molar-refractivity contribution in [3.8, 4) is 0 Å². The van der Waals surface area contributed by atoms with Crippen molar-refractivity contribution in [3.05, 3.63) is 34.5 Å². The summed E-state index contributed by atoms with van der Waals surface area (Å²) in [6, 6.07) is 3.93. The third-order valence-electron chi connectivity index (χ3n) is 5.08. The number of anilines is 1. The normalized spacial score (nSPS) is 22.8. The van der Waals surface area contributed by atoms with Crippen molar-refractivity contribution in [2.24, 2.45) is 11.8 Å². The predicted molar refractivity (Wildman–Crippen MR) is 92.7 cm³/mol. The molecule has 25 heavy (non-hydrogen) atoms. The highest BCUT2D eigenvalue weighted by molar-refractivity contribution is 7.09. The number of thiazole rings is 1. The maximum absolute atomic E-state index is 12.6. The fourth-order valence-electron chi connectivity index (χ4n) is 3.86. The number of carbonyl (C=O) groups is 1. The number of carbonyl (C=O) groups excluding carboxylic acids is 1. The van der Waals surface area contributed by atoms with Gasteiger partial charge in [-0.1, -0.05) is 0 Å². The Labute approximate surface area is 148 Å². The molecule has 2 fully saturated rings. The standard InChI is InChI=1S/C16H17N7OS/c1-10-18-13(8-25-10)16(24)22-6-11-4-21(5-12(11)7-22)15-3-2-14-19-17-9-23(14)20-15/h2-3,8-9,11-12H,4-7H2,1H3. The third-order valence-corrected chi connectivity index (χ3v) is 5.86. The summed E-state index contributed by atoms with van der Waals surface area (Å²) in [6.07, 6.45) is 1.62. The van der Waals surface area contributed by atoms with E-state index in [-0.39, 0.29) is 5.91 Å². The summed E-state index contributed by atoms with van der Waals surface area (Å²) in [4.78, 5) is 21.2. The largest absolute Gasteiger partial charge is 0.354 e. The highest BCUT2D eigenvalue weighted by Gasteiger charge is 2.42. The molecule has 0 N–H and O–H groups in total. The average Bonchev–Trinajstić information content (AvgIpc) is 3.35. The van der Waals surface area contributed by atoms with Gasteiger partial charge in [0.1, 0.15) is 17.8 Å². The first kappa shape index (κ1) is 14.8. The van der Waals surface area contributed by atoms with Crippen LogP contribution in [0.4, 0.5) is 5.82 Å². The molecule has 0 saturated carbocycles. The number of likely N-dealkylation sites (tertiary alicyclic amines) is 1. The van der Waals surface area contributed by atoms with E-state index in [4.69, 9.17) is 0 Å². The monoisotopic (exact) mass is 355 g/mol. The topological polar surface area (TPSA) is 79.5 Å². The summed E-state index contributed by atoms with van der Waals surface area (Å²) in [7, 11) is 0. The second-order valence-corrected chi connectivity index (χ2v) is 7.77. The molecule has 5 rings (SSSR count). The van der Waals surface area contributed by atoms with E-state index in [2.05, 4.69) is 25.2 Å². The van der Waals surface area contributed by atoms with Gasteiger partial charge in [0.25, 0.3) is 5.91 Å². The van der Waals surface area contributed by atoms with Crippen LogP contribution in [0.15, 0.2) is 23.8 Å². The number of nitrogens with zero attached hydrogens (tertiary/aromatic N) is 7. The number of hydrogen-bond donors (Lipinski definition) is 0. The minimum atomic E-state index is 0.0642. The SMILES string of the molecule is Cc1nc(C(=O)N2CC3CN(c4ccc5nncn5n4)CC3C2)cs1. The average molecular weight is 355 g/mol. The van der Waals surface area contributed by atoms with Crippen LogP contribution in [0.2, 0.25) is 0 Å². The molecule has 2 aliphatic heterocycles. The minimum Gasteiger partial charge on any atom is -0.354 e. The van der Waals surface area contributed by atoms with E-state index in [9.17, 15) is 4.79 Å². The Balaban J connectivity index is 1.29. The Hall–Kier alpha value is -2.55. The molecule has 3 aromatic rings. The van der Waals surface area contributed by atoms with E-state index in [1.165, 1.54) is 11.3 Å². The maximum atomic E-state index is 12.6. The van der Waals surface area contributed by atoms with Crippen LogP contribution < -0.4 is 4.90 Å². The van der Waals surface area contributed by atoms with Crippen molar-refractivity contribution >= 4 is 28.7 Å². The van der Waals surface area contributed by atoms with Crippen molar-refractivity contribution in [2.45, 2.75) is 6.92 Å². The lowest BCUT2D eigenvalue weighted by molar-refractivity contribution is 0.0777. The maximum Gasteiger partial charge on any atom is 0.273 e. The van der Waals surface area contributed by atoms with E-state index in [1.54, 1.807) is 10.8 Å². The second-order valence-electron chi connectivity index (χ2n) is 6.71. The molecule has 128 valence electrons. The quantitative estimate of drug-likeness (QED) is 0.685. The van der Waals surface area contributed by atoms with Gasteiger partial charge in [-0.3, -0.25) is 4.79 Å². The molecular weight excluding hydrogens is 338 g/mol. The number of aryl methyl sites for hydroxylation is 1. The van der Waals surface area contributed by atoms with Gasteiger partial charge in [-0.15, -0.1) is 26.6 Å². The third kappa shape index (κ3) is 2.46. The fourth-order valence-corrected chi connectivity index (χ4v) is 4.44. The summed E-state index contributed by atoms with van der Waals surface area (Å²) in [5, 5.41) is 15.2. The number of hydrogen-bond acceptors (Lipinski definition) is 7. The summed E-state index contributed by atoms with van der Waals surface area (Å²) < 4.78 is 1.70. The lowest BCUT2D eigenvalue weighted by atomic mass is 10.0. The molecule has 0 aromatic carbocycles. The van der Waals surface area contributed by atoms with Gasteiger partial charge in [0, 0.05) is 43.4 Å². The smallest absolute Gasteiger partial charge is 0.273 e. The van der Waals surface area contributed by atoms with Gasteiger partial charge in [-0.05, 0) is 19.1 Å². The van der Waals surface area contributed by atoms with E-state index >= 15 is 0 Å². The van der Waals surface area contributed by atoms with Gasteiger partial charge in [-0.2, -0.15) is 4.52 Å². The molecule has 2 unspecified atom stereocenters. The zero-order chi connectivity index (χ0) is 17.0. The number of fused-ring (bicyclic) bond motifs is 2. The van der Waals surface area contributed by atoms with Gasteiger partial charge in [0.2, 0.25) is 0 Å². The summed E-state index contributed by atoms with van der Waals surface area (Å²) in [5.74, 6) is 1.98. The van der Waals surface area contributed by atoms with Crippen LogP contribution in [0.5, 0.6) is 0 Å². The predicted octanol–water partition coefficient (Wildman–Crippen LogP) is 1.10. The van der Waals surface area contributed by atoms with Crippen molar-refractivity contribution in [2.75, 3.05) is 31.1 Å². The van der Waals surface area contributed by atoms with Gasteiger partial charge >= 0.3 is 0 Å². The van der Waals surface area contributed by atoms with Gasteiger partial charge in [-0.25, -0.2) is 4.98 Å². The zero-order valence-corrected chi connectivity index (χ0v) is 14.6. The van der Waals surface area contributed by atoms with Crippen LogP contribution in [0.25, 0.3) is 5.65 Å². The molecule has 5 heterocycles. The van der Waals surface area contributed by atoms with Crippen molar-refractivity contribution < 1.29 is 4.79 Å². The van der Waals surface area contributed by atoms with E-state index in [1.807, 2.05) is 29.3 Å². The first-order valence-electron chi connectivity index (χ1n) is 8.31. The Morgan fingerprint density at radius 2 is 2.00 bits per heavy atom. The first-order chi connectivity index (χ1) is 12.2. The molecule has 2 atom stereocenters. The molecule has 0 bridgehead atoms. The lowest BCUT2D eigenvalue weighted by Crippen LogP contribution is -2.33. The molecule has 2 aliphatic rings. The molecule has 0 spiro atoms. The van der Waals surface area contributed by atoms with Crippen LogP contribution in [0.1, 0.15) is 15.5 Å². The molecule has 0 radical (unpaired) electrons. The van der Waals surface area contributed by atoms with Crippen molar-refractivity contribution in [1.29, 1.82) is 0 Å².